The van der Waals surface area contributed by atoms with Gasteiger partial charge in [-0.25, -0.2) is 4.79 Å². The standard InChI is InChI=1S/C16H20N4O/c1-11-4-7-14(10-15(11)20(2)3)19-16(21)18-13-8-5-12(17)6-9-13/h4-10H,17H2,1-3H3,(H2,18,19,21). The normalized spacial score (nSPS) is 10.0. The Morgan fingerprint density at radius 2 is 1.57 bits per heavy atom. The Morgan fingerprint density at radius 3 is 2.19 bits per heavy atom. The van der Waals surface area contributed by atoms with E-state index in [0.29, 0.717) is 11.4 Å². The van der Waals surface area contributed by atoms with Gasteiger partial charge in [-0.05, 0) is 48.9 Å². The Labute approximate surface area is 124 Å². The van der Waals surface area contributed by atoms with Crippen molar-refractivity contribution in [1.82, 2.24) is 0 Å². The summed E-state index contributed by atoms with van der Waals surface area (Å²) in [7, 11) is 3.95. The number of nitrogen functional groups attached to an aromatic ring is 1. The molecule has 2 amide bonds. The molecule has 0 aliphatic carbocycles. The maximum Gasteiger partial charge on any atom is 0.323 e. The van der Waals surface area contributed by atoms with Crippen LogP contribution in [0.4, 0.5) is 27.5 Å². The minimum atomic E-state index is -0.284. The second-order valence-corrected chi connectivity index (χ2v) is 5.10. The van der Waals surface area contributed by atoms with E-state index in [9.17, 15) is 4.79 Å². The molecule has 0 fully saturated rings. The summed E-state index contributed by atoms with van der Waals surface area (Å²) >= 11 is 0. The second-order valence-electron chi connectivity index (χ2n) is 5.10. The molecule has 0 unspecified atom stereocenters. The first-order valence-electron chi connectivity index (χ1n) is 6.67. The number of carbonyl (C=O) groups is 1. The number of hydrogen-bond acceptors (Lipinski definition) is 3. The third kappa shape index (κ3) is 3.89. The molecular formula is C16H20N4O. The second kappa shape index (κ2) is 6.17. The lowest BCUT2D eigenvalue weighted by Crippen LogP contribution is -2.20. The Kier molecular flexibility index (Phi) is 4.33. The molecule has 0 saturated heterocycles. The van der Waals surface area contributed by atoms with Crippen LogP contribution in [0.15, 0.2) is 42.5 Å². The highest BCUT2D eigenvalue weighted by Gasteiger charge is 2.06. The third-order valence-corrected chi connectivity index (χ3v) is 3.12. The number of hydrogen-bond donors (Lipinski definition) is 3. The topological polar surface area (TPSA) is 70.4 Å². The minimum absolute atomic E-state index is 0.284. The molecule has 21 heavy (non-hydrogen) atoms. The molecule has 0 atom stereocenters. The van der Waals surface area contributed by atoms with E-state index in [2.05, 4.69) is 10.6 Å². The quantitative estimate of drug-likeness (QED) is 0.757. The predicted octanol–water partition coefficient (Wildman–Crippen LogP) is 3.29. The van der Waals surface area contributed by atoms with Gasteiger partial charge >= 0.3 is 6.03 Å². The molecular weight excluding hydrogens is 264 g/mol. The fourth-order valence-electron chi connectivity index (χ4n) is 2.03. The molecule has 0 aromatic heterocycles. The van der Waals surface area contributed by atoms with E-state index >= 15 is 0 Å². The molecule has 0 aliphatic heterocycles. The number of benzene rings is 2. The summed E-state index contributed by atoms with van der Waals surface area (Å²) in [5.74, 6) is 0. The number of anilines is 4. The zero-order chi connectivity index (χ0) is 15.4. The van der Waals surface area contributed by atoms with Gasteiger partial charge in [-0.3, -0.25) is 0 Å². The van der Waals surface area contributed by atoms with Crippen molar-refractivity contribution in [2.75, 3.05) is 35.4 Å². The van der Waals surface area contributed by atoms with Crippen LogP contribution in [0, 0.1) is 6.92 Å². The number of urea groups is 1. The predicted molar refractivity (Wildman–Crippen MR) is 89.0 cm³/mol. The van der Waals surface area contributed by atoms with E-state index in [1.54, 1.807) is 24.3 Å². The molecule has 0 heterocycles. The number of carbonyl (C=O) groups excluding carboxylic acids is 1. The van der Waals surface area contributed by atoms with Crippen molar-refractivity contribution in [3.8, 4) is 0 Å². The largest absolute Gasteiger partial charge is 0.399 e. The fraction of sp³-hybridized carbons (Fsp3) is 0.188. The number of nitrogens with one attached hydrogen (secondary N) is 2. The van der Waals surface area contributed by atoms with Gasteiger partial charge < -0.3 is 21.3 Å². The Morgan fingerprint density at radius 1 is 1.00 bits per heavy atom. The Bertz CT molecular complexity index is 635. The SMILES string of the molecule is Cc1ccc(NC(=O)Nc2ccc(N)cc2)cc1N(C)C. The molecule has 5 heteroatoms. The summed E-state index contributed by atoms with van der Waals surface area (Å²) in [4.78, 5) is 14.0. The molecule has 0 saturated carbocycles. The maximum atomic E-state index is 12.0. The summed E-state index contributed by atoms with van der Waals surface area (Å²) in [5, 5.41) is 5.58. The van der Waals surface area contributed by atoms with Crippen LogP contribution in [0.1, 0.15) is 5.56 Å². The molecule has 110 valence electrons. The van der Waals surface area contributed by atoms with Crippen LogP contribution in [0.2, 0.25) is 0 Å². The van der Waals surface area contributed by atoms with Gasteiger partial charge in [-0.15, -0.1) is 0 Å². The highest BCUT2D eigenvalue weighted by Crippen LogP contribution is 2.22. The van der Waals surface area contributed by atoms with E-state index in [4.69, 9.17) is 5.73 Å². The Balaban J connectivity index is 2.06. The van der Waals surface area contributed by atoms with Crippen molar-refractivity contribution in [3.63, 3.8) is 0 Å². The van der Waals surface area contributed by atoms with Crippen LogP contribution in [0.25, 0.3) is 0 Å². The molecule has 0 radical (unpaired) electrons. The van der Waals surface area contributed by atoms with Crippen LogP contribution >= 0.6 is 0 Å². The first kappa shape index (κ1) is 14.7. The van der Waals surface area contributed by atoms with Crippen molar-refractivity contribution >= 4 is 28.8 Å². The fourth-order valence-corrected chi connectivity index (χ4v) is 2.03. The molecule has 0 bridgehead atoms. The lowest BCUT2D eigenvalue weighted by Gasteiger charge is -2.17. The zero-order valence-corrected chi connectivity index (χ0v) is 12.5. The first-order valence-corrected chi connectivity index (χ1v) is 6.67. The summed E-state index contributed by atoms with van der Waals surface area (Å²) in [6.07, 6.45) is 0. The maximum absolute atomic E-state index is 12.0. The molecule has 0 aliphatic rings. The molecule has 2 aromatic carbocycles. The summed E-state index contributed by atoms with van der Waals surface area (Å²) < 4.78 is 0. The van der Waals surface area contributed by atoms with Crippen LogP contribution in [-0.4, -0.2) is 20.1 Å². The van der Waals surface area contributed by atoms with Crippen molar-refractivity contribution in [2.45, 2.75) is 6.92 Å². The number of nitrogens with two attached hydrogens (primary N) is 1. The van der Waals surface area contributed by atoms with Gasteiger partial charge in [0.1, 0.15) is 0 Å². The lowest BCUT2D eigenvalue weighted by molar-refractivity contribution is 0.262. The van der Waals surface area contributed by atoms with Crippen LogP contribution in [-0.2, 0) is 0 Å². The molecule has 0 spiro atoms. The van der Waals surface area contributed by atoms with Gasteiger partial charge in [0.15, 0.2) is 0 Å². The summed E-state index contributed by atoms with van der Waals surface area (Å²) in [6.45, 7) is 2.04. The molecule has 4 N–H and O–H groups in total. The number of amides is 2. The highest BCUT2D eigenvalue weighted by atomic mass is 16.2. The highest BCUT2D eigenvalue weighted by molar-refractivity contribution is 6.00. The smallest absolute Gasteiger partial charge is 0.323 e. The van der Waals surface area contributed by atoms with Gasteiger partial charge in [-0.1, -0.05) is 6.07 Å². The average Bonchev–Trinajstić information content (AvgIpc) is 2.43. The van der Waals surface area contributed by atoms with E-state index in [0.717, 1.165) is 16.9 Å². The van der Waals surface area contributed by atoms with Crippen LogP contribution in [0.3, 0.4) is 0 Å². The van der Waals surface area contributed by atoms with Gasteiger partial charge in [0, 0.05) is 36.8 Å². The van der Waals surface area contributed by atoms with Gasteiger partial charge in [0.2, 0.25) is 0 Å². The van der Waals surface area contributed by atoms with E-state index in [1.807, 2.05) is 44.1 Å². The lowest BCUT2D eigenvalue weighted by atomic mass is 10.1. The summed E-state index contributed by atoms with van der Waals surface area (Å²) in [5.41, 5.74) is 9.94. The van der Waals surface area contributed by atoms with Crippen molar-refractivity contribution in [1.29, 1.82) is 0 Å². The zero-order valence-electron chi connectivity index (χ0n) is 12.5. The number of rotatable bonds is 3. The van der Waals surface area contributed by atoms with Crippen molar-refractivity contribution in [2.24, 2.45) is 0 Å². The van der Waals surface area contributed by atoms with Gasteiger partial charge in [0.05, 0.1) is 0 Å². The van der Waals surface area contributed by atoms with Crippen molar-refractivity contribution in [3.05, 3.63) is 48.0 Å². The number of nitrogens with zero attached hydrogens (tertiary/aromatic N) is 1. The first-order chi connectivity index (χ1) is 9.95. The van der Waals surface area contributed by atoms with Gasteiger partial charge in [-0.2, -0.15) is 0 Å². The van der Waals surface area contributed by atoms with Crippen LogP contribution < -0.4 is 21.3 Å². The summed E-state index contributed by atoms with van der Waals surface area (Å²) in [6, 6.07) is 12.5. The monoisotopic (exact) mass is 284 g/mol. The molecule has 2 aromatic rings. The third-order valence-electron chi connectivity index (χ3n) is 3.12. The van der Waals surface area contributed by atoms with Crippen LogP contribution in [0.5, 0.6) is 0 Å². The van der Waals surface area contributed by atoms with E-state index in [-0.39, 0.29) is 6.03 Å². The van der Waals surface area contributed by atoms with Crippen molar-refractivity contribution < 1.29 is 4.79 Å². The van der Waals surface area contributed by atoms with E-state index in [1.165, 1.54) is 0 Å². The Hall–Kier alpha value is -2.69. The minimum Gasteiger partial charge on any atom is -0.399 e. The van der Waals surface area contributed by atoms with E-state index < -0.39 is 0 Å². The average molecular weight is 284 g/mol. The molecule has 5 nitrogen and oxygen atoms in total. The van der Waals surface area contributed by atoms with Gasteiger partial charge in [0.25, 0.3) is 0 Å². The molecule has 2 rings (SSSR count). The number of aryl methyl sites for hydroxylation is 1.